The summed E-state index contributed by atoms with van der Waals surface area (Å²) in [5.74, 6) is -0.747. The Bertz CT molecular complexity index is 846. The second-order valence-corrected chi connectivity index (χ2v) is 6.00. The first-order valence-corrected chi connectivity index (χ1v) is 8.31. The molecule has 0 fully saturated rings. The van der Waals surface area contributed by atoms with E-state index in [0.717, 1.165) is 5.69 Å². The van der Waals surface area contributed by atoms with E-state index < -0.39 is 18.0 Å². The van der Waals surface area contributed by atoms with Crippen LogP contribution in [0.1, 0.15) is 18.2 Å². The molecule has 7 heteroatoms. The molecule has 140 valence electrons. The molecular formula is C20H21N3O4. The number of rotatable bonds is 7. The smallest absolute Gasteiger partial charge is 0.349 e. The average molecular weight is 367 g/mol. The number of hydrogen-bond donors (Lipinski definition) is 1. The van der Waals surface area contributed by atoms with Gasteiger partial charge in [0.2, 0.25) is 0 Å². The van der Waals surface area contributed by atoms with Gasteiger partial charge in [0.1, 0.15) is 17.4 Å². The van der Waals surface area contributed by atoms with Crippen LogP contribution >= 0.6 is 0 Å². The molecule has 7 nitrogen and oxygen atoms in total. The van der Waals surface area contributed by atoms with Crippen molar-refractivity contribution < 1.29 is 18.7 Å². The normalized spacial score (nSPS) is 12.0. The minimum Gasteiger partial charge on any atom is -0.467 e. The van der Waals surface area contributed by atoms with E-state index in [4.69, 9.17) is 9.15 Å². The number of esters is 1. The Kier molecular flexibility index (Phi) is 6.78. The number of nitrogens with zero attached hydrogens (tertiary/aromatic N) is 2. The topological polar surface area (TPSA) is 95.6 Å². The maximum atomic E-state index is 12.2. The Labute approximate surface area is 157 Å². The van der Waals surface area contributed by atoms with Crippen molar-refractivity contribution in [3.8, 4) is 6.07 Å². The molecule has 2 rings (SSSR count). The van der Waals surface area contributed by atoms with Gasteiger partial charge >= 0.3 is 5.97 Å². The van der Waals surface area contributed by atoms with Crippen LogP contribution in [0.2, 0.25) is 0 Å². The molecule has 27 heavy (non-hydrogen) atoms. The number of carbonyl (C=O) groups is 2. The van der Waals surface area contributed by atoms with Crippen molar-refractivity contribution in [1.29, 1.82) is 5.26 Å². The molecule has 1 atom stereocenters. The predicted octanol–water partition coefficient (Wildman–Crippen LogP) is 2.50. The SMILES string of the molecule is C[C@@H](OC(=O)/C(C#N)=C/c1ccc(N(C)C)cc1)C(=O)NCc1ccco1. The molecule has 1 N–H and O–H groups in total. The van der Waals surface area contributed by atoms with Gasteiger partial charge in [-0.3, -0.25) is 4.79 Å². The molecule has 0 radical (unpaired) electrons. The quantitative estimate of drug-likeness (QED) is 0.459. The van der Waals surface area contributed by atoms with Crippen LogP contribution in [-0.2, 0) is 20.9 Å². The molecule has 0 saturated carbocycles. The van der Waals surface area contributed by atoms with Crippen molar-refractivity contribution in [2.45, 2.75) is 19.6 Å². The highest BCUT2D eigenvalue weighted by atomic mass is 16.5. The molecule has 1 heterocycles. The van der Waals surface area contributed by atoms with E-state index in [0.29, 0.717) is 11.3 Å². The molecule has 1 amide bonds. The summed E-state index contributed by atoms with van der Waals surface area (Å²) in [6, 6.07) is 12.6. The summed E-state index contributed by atoms with van der Waals surface area (Å²) in [4.78, 5) is 26.1. The molecule has 0 saturated heterocycles. The first kappa shape index (κ1) is 19.8. The van der Waals surface area contributed by atoms with Gasteiger partial charge in [-0.15, -0.1) is 0 Å². The van der Waals surface area contributed by atoms with Crippen molar-refractivity contribution in [1.82, 2.24) is 5.32 Å². The van der Waals surface area contributed by atoms with Crippen LogP contribution in [0.4, 0.5) is 5.69 Å². The van der Waals surface area contributed by atoms with E-state index in [9.17, 15) is 14.9 Å². The minimum atomic E-state index is -1.04. The standard InChI is InChI=1S/C20H21N3O4/c1-14(19(24)22-13-18-5-4-10-26-18)27-20(25)16(12-21)11-15-6-8-17(9-7-15)23(2)3/h4-11,14H,13H2,1-3H3,(H,22,24)/b16-11+/t14-/m1/s1. The fourth-order valence-electron chi connectivity index (χ4n) is 2.18. The van der Waals surface area contributed by atoms with Gasteiger partial charge < -0.3 is 19.4 Å². The summed E-state index contributed by atoms with van der Waals surface area (Å²) >= 11 is 0. The van der Waals surface area contributed by atoms with E-state index in [1.165, 1.54) is 19.3 Å². The molecule has 0 aliphatic carbocycles. The van der Waals surface area contributed by atoms with Gasteiger partial charge in [0, 0.05) is 19.8 Å². The Morgan fingerprint density at radius 1 is 1.30 bits per heavy atom. The number of carbonyl (C=O) groups excluding carboxylic acids is 2. The highest BCUT2D eigenvalue weighted by molar-refractivity contribution is 5.99. The lowest BCUT2D eigenvalue weighted by molar-refractivity contribution is -0.150. The number of hydrogen-bond acceptors (Lipinski definition) is 6. The zero-order chi connectivity index (χ0) is 19.8. The van der Waals surface area contributed by atoms with Crippen LogP contribution < -0.4 is 10.2 Å². The fourth-order valence-corrected chi connectivity index (χ4v) is 2.18. The van der Waals surface area contributed by atoms with Gasteiger partial charge in [-0.2, -0.15) is 5.26 Å². The van der Waals surface area contributed by atoms with Crippen molar-refractivity contribution >= 4 is 23.6 Å². The Morgan fingerprint density at radius 3 is 2.56 bits per heavy atom. The zero-order valence-electron chi connectivity index (χ0n) is 15.4. The number of nitriles is 1. The van der Waals surface area contributed by atoms with Crippen LogP contribution in [0.5, 0.6) is 0 Å². The number of anilines is 1. The first-order valence-electron chi connectivity index (χ1n) is 8.31. The van der Waals surface area contributed by atoms with Crippen molar-refractivity contribution in [2.75, 3.05) is 19.0 Å². The third-order valence-corrected chi connectivity index (χ3v) is 3.73. The molecule has 1 aromatic heterocycles. The van der Waals surface area contributed by atoms with Gasteiger partial charge in [0.25, 0.3) is 5.91 Å². The van der Waals surface area contributed by atoms with E-state index in [1.807, 2.05) is 37.2 Å². The second kappa shape index (κ2) is 9.25. The summed E-state index contributed by atoms with van der Waals surface area (Å²) < 4.78 is 10.2. The second-order valence-electron chi connectivity index (χ2n) is 6.00. The molecule has 2 aromatic rings. The predicted molar refractivity (Wildman–Crippen MR) is 100 cm³/mol. The summed E-state index contributed by atoms with van der Waals surface area (Å²) in [6.45, 7) is 1.63. The van der Waals surface area contributed by atoms with Crippen LogP contribution in [0, 0.1) is 11.3 Å². The molecule has 0 unspecified atom stereocenters. The average Bonchev–Trinajstić information content (AvgIpc) is 3.17. The molecular weight excluding hydrogens is 346 g/mol. The van der Waals surface area contributed by atoms with Gasteiger partial charge in [-0.1, -0.05) is 12.1 Å². The Morgan fingerprint density at radius 2 is 2.00 bits per heavy atom. The summed E-state index contributed by atoms with van der Waals surface area (Å²) in [5.41, 5.74) is 1.50. The van der Waals surface area contributed by atoms with E-state index in [1.54, 1.807) is 24.3 Å². The number of benzene rings is 1. The number of amides is 1. The van der Waals surface area contributed by atoms with Gasteiger partial charge in [0.05, 0.1) is 12.8 Å². The molecule has 0 spiro atoms. The largest absolute Gasteiger partial charge is 0.467 e. The lowest BCUT2D eigenvalue weighted by Gasteiger charge is -2.13. The third kappa shape index (κ3) is 5.75. The number of furan rings is 1. The number of nitrogens with one attached hydrogen (secondary N) is 1. The third-order valence-electron chi connectivity index (χ3n) is 3.73. The molecule has 1 aromatic carbocycles. The Hall–Kier alpha value is -3.53. The lowest BCUT2D eigenvalue weighted by atomic mass is 10.1. The van der Waals surface area contributed by atoms with E-state index in [-0.39, 0.29) is 12.1 Å². The van der Waals surface area contributed by atoms with E-state index >= 15 is 0 Å². The summed E-state index contributed by atoms with van der Waals surface area (Å²) in [6.07, 6.45) is 1.88. The van der Waals surface area contributed by atoms with Crippen LogP contribution in [-0.4, -0.2) is 32.1 Å². The van der Waals surface area contributed by atoms with Crippen LogP contribution in [0.25, 0.3) is 6.08 Å². The summed E-state index contributed by atoms with van der Waals surface area (Å²) in [7, 11) is 3.84. The molecule has 0 aliphatic rings. The highest BCUT2D eigenvalue weighted by Crippen LogP contribution is 2.15. The zero-order valence-corrected chi connectivity index (χ0v) is 15.4. The Balaban J connectivity index is 1.96. The molecule has 0 bridgehead atoms. The van der Waals surface area contributed by atoms with E-state index in [2.05, 4.69) is 5.32 Å². The highest BCUT2D eigenvalue weighted by Gasteiger charge is 2.20. The number of ether oxygens (including phenoxy) is 1. The van der Waals surface area contributed by atoms with Gasteiger partial charge in [-0.25, -0.2) is 4.79 Å². The van der Waals surface area contributed by atoms with Crippen LogP contribution in [0.3, 0.4) is 0 Å². The monoisotopic (exact) mass is 367 g/mol. The first-order chi connectivity index (χ1) is 12.9. The van der Waals surface area contributed by atoms with Gasteiger partial charge in [0.15, 0.2) is 6.10 Å². The lowest BCUT2D eigenvalue weighted by Crippen LogP contribution is -2.35. The maximum Gasteiger partial charge on any atom is 0.349 e. The van der Waals surface area contributed by atoms with Crippen molar-refractivity contribution in [2.24, 2.45) is 0 Å². The minimum absolute atomic E-state index is 0.182. The fraction of sp³-hybridized carbons (Fsp3) is 0.250. The summed E-state index contributed by atoms with van der Waals surface area (Å²) in [5, 5.41) is 11.8. The van der Waals surface area contributed by atoms with Crippen LogP contribution in [0.15, 0.2) is 52.7 Å². The molecule has 0 aliphatic heterocycles. The van der Waals surface area contributed by atoms with Crippen molar-refractivity contribution in [3.05, 3.63) is 59.6 Å². The maximum absolute atomic E-state index is 12.2. The van der Waals surface area contributed by atoms with Crippen molar-refractivity contribution in [3.63, 3.8) is 0 Å². The van der Waals surface area contributed by atoms with Gasteiger partial charge in [-0.05, 0) is 42.8 Å².